The van der Waals surface area contributed by atoms with Crippen LogP contribution in [0, 0.1) is 0 Å². The lowest BCUT2D eigenvalue weighted by Gasteiger charge is -1.99. The average Bonchev–Trinajstić information content (AvgIpc) is 3.08. The van der Waals surface area contributed by atoms with Crippen LogP contribution in [0.25, 0.3) is 10.9 Å². The molecule has 3 aromatic rings. The van der Waals surface area contributed by atoms with E-state index in [1.807, 2.05) is 18.2 Å². The van der Waals surface area contributed by atoms with E-state index in [2.05, 4.69) is 9.97 Å². The van der Waals surface area contributed by atoms with Crippen molar-refractivity contribution < 1.29 is 14.3 Å². The Morgan fingerprint density at radius 2 is 2.05 bits per heavy atom. The van der Waals surface area contributed by atoms with Crippen LogP contribution in [0.4, 0.5) is 0 Å². The number of nitrogens with one attached hydrogen (secondary N) is 1. The number of hydrogen-bond donors (Lipinski definition) is 1. The highest BCUT2D eigenvalue weighted by Gasteiger charge is 2.19. The predicted octanol–water partition coefficient (Wildman–Crippen LogP) is 2.62. The molecule has 0 saturated carbocycles. The van der Waals surface area contributed by atoms with Crippen molar-refractivity contribution in [2.45, 2.75) is 0 Å². The van der Waals surface area contributed by atoms with Crippen molar-refractivity contribution in [1.29, 1.82) is 0 Å². The van der Waals surface area contributed by atoms with Crippen molar-refractivity contribution in [3.8, 4) is 0 Å². The highest BCUT2D eigenvalue weighted by molar-refractivity contribution is 7.07. The molecule has 2 aromatic heterocycles. The smallest absolute Gasteiger partial charge is 0.365 e. The van der Waals surface area contributed by atoms with Crippen LogP contribution in [0.5, 0.6) is 0 Å². The van der Waals surface area contributed by atoms with Gasteiger partial charge < -0.3 is 9.72 Å². The minimum Gasteiger partial charge on any atom is -0.384 e. The van der Waals surface area contributed by atoms with Crippen molar-refractivity contribution in [3.05, 3.63) is 52.6 Å². The van der Waals surface area contributed by atoms with Gasteiger partial charge in [0, 0.05) is 22.5 Å². The predicted molar refractivity (Wildman–Crippen MR) is 70.2 cm³/mol. The first-order chi connectivity index (χ1) is 9.25. The Labute approximate surface area is 111 Å². The number of carbonyl (C=O) groups is 2. The zero-order chi connectivity index (χ0) is 13.2. The molecule has 0 radical (unpaired) electrons. The Hall–Kier alpha value is -2.47. The summed E-state index contributed by atoms with van der Waals surface area (Å²) in [7, 11) is 0. The second kappa shape index (κ2) is 4.66. The molecule has 3 rings (SSSR count). The lowest BCUT2D eigenvalue weighted by atomic mass is 10.2. The molecule has 0 aliphatic heterocycles. The monoisotopic (exact) mass is 272 g/mol. The maximum Gasteiger partial charge on any atom is 0.365 e. The first-order valence-electron chi connectivity index (χ1n) is 5.46. The first-order valence-corrected chi connectivity index (χ1v) is 6.41. The van der Waals surface area contributed by atoms with Gasteiger partial charge in [-0.15, -0.1) is 11.3 Å². The minimum atomic E-state index is -0.739. The van der Waals surface area contributed by atoms with Crippen LogP contribution in [0.3, 0.4) is 0 Å². The summed E-state index contributed by atoms with van der Waals surface area (Å²) in [6.45, 7) is 0. The van der Waals surface area contributed by atoms with Gasteiger partial charge in [0.2, 0.25) is 0 Å². The van der Waals surface area contributed by atoms with Gasteiger partial charge in [-0.25, -0.2) is 14.6 Å². The number of para-hydroxylation sites is 1. The number of carbonyl (C=O) groups excluding carboxylic acids is 2. The van der Waals surface area contributed by atoms with Crippen molar-refractivity contribution in [2.24, 2.45) is 0 Å². The number of nitrogens with zero attached hydrogens (tertiary/aromatic N) is 1. The van der Waals surface area contributed by atoms with Gasteiger partial charge in [-0.3, -0.25) is 0 Å². The van der Waals surface area contributed by atoms with E-state index >= 15 is 0 Å². The van der Waals surface area contributed by atoms with Gasteiger partial charge in [0.25, 0.3) is 0 Å². The first kappa shape index (κ1) is 11.6. The van der Waals surface area contributed by atoms with Crippen LogP contribution in [-0.2, 0) is 4.74 Å². The summed E-state index contributed by atoms with van der Waals surface area (Å²) in [6.07, 6.45) is 1.53. The topological polar surface area (TPSA) is 72.1 Å². The van der Waals surface area contributed by atoms with Crippen LogP contribution in [0.2, 0.25) is 0 Å². The van der Waals surface area contributed by atoms with Gasteiger partial charge in [0.15, 0.2) is 5.69 Å². The maximum atomic E-state index is 11.9. The van der Waals surface area contributed by atoms with Crippen LogP contribution >= 0.6 is 11.3 Å². The summed E-state index contributed by atoms with van der Waals surface area (Å²) in [5.74, 6) is -1.42. The van der Waals surface area contributed by atoms with E-state index in [0.29, 0.717) is 5.56 Å². The van der Waals surface area contributed by atoms with Gasteiger partial charge in [-0.05, 0) is 6.07 Å². The highest BCUT2D eigenvalue weighted by atomic mass is 32.1. The average molecular weight is 272 g/mol. The number of hydrogen-bond acceptors (Lipinski definition) is 5. The lowest BCUT2D eigenvalue weighted by molar-refractivity contribution is 0.0395. The minimum absolute atomic E-state index is 0.137. The molecular formula is C13H8N2O3S. The molecular weight excluding hydrogens is 264 g/mol. The molecule has 0 fully saturated rings. The lowest BCUT2D eigenvalue weighted by Crippen LogP contribution is -2.12. The van der Waals surface area contributed by atoms with Gasteiger partial charge in [0.1, 0.15) is 0 Å². The number of thiazole rings is 1. The van der Waals surface area contributed by atoms with Crippen molar-refractivity contribution in [2.75, 3.05) is 0 Å². The van der Waals surface area contributed by atoms with E-state index in [1.165, 1.54) is 28.4 Å². The summed E-state index contributed by atoms with van der Waals surface area (Å²) in [4.78, 5) is 30.3. The third-order valence-electron chi connectivity index (χ3n) is 2.64. The Balaban J connectivity index is 1.86. The van der Waals surface area contributed by atoms with Crippen LogP contribution in [0.15, 0.2) is 41.4 Å². The van der Waals surface area contributed by atoms with E-state index in [9.17, 15) is 9.59 Å². The molecule has 94 valence electrons. The highest BCUT2D eigenvalue weighted by Crippen LogP contribution is 2.19. The molecule has 0 amide bonds. The molecule has 0 atom stereocenters. The third-order valence-corrected chi connectivity index (χ3v) is 3.22. The molecule has 0 aliphatic rings. The van der Waals surface area contributed by atoms with E-state index in [4.69, 9.17) is 4.74 Å². The number of H-pyrrole nitrogens is 1. The normalized spacial score (nSPS) is 10.5. The van der Waals surface area contributed by atoms with E-state index in [-0.39, 0.29) is 5.69 Å². The molecule has 0 unspecified atom stereocenters. The Kier molecular flexibility index (Phi) is 2.85. The zero-order valence-electron chi connectivity index (χ0n) is 9.62. The van der Waals surface area contributed by atoms with E-state index in [0.717, 1.165) is 10.9 Å². The van der Waals surface area contributed by atoms with Crippen LogP contribution in [-0.4, -0.2) is 21.9 Å². The number of fused-ring (bicyclic) bond motifs is 1. The van der Waals surface area contributed by atoms with Crippen LogP contribution < -0.4 is 0 Å². The van der Waals surface area contributed by atoms with Crippen molar-refractivity contribution >= 4 is 34.2 Å². The fourth-order valence-corrected chi connectivity index (χ4v) is 2.27. The number of esters is 2. The largest absolute Gasteiger partial charge is 0.384 e. The molecule has 0 aliphatic carbocycles. The van der Waals surface area contributed by atoms with E-state index < -0.39 is 11.9 Å². The van der Waals surface area contributed by atoms with Gasteiger partial charge in [0.05, 0.1) is 11.1 Å². The van der Waals surface area contributed by atoms with Gasteiger partial charge >= 0.3 is 11.9 Å². The van der Waals surface area contributed by atoms with E-state index in [1.54, 1.807) is 6.07 Å². The molecule has 19 heavy (non-hydrogen) atoms. The second-order valence-corrected chi connectivity index (χ2v) is 4.52. The summed E-state index contributed by atoms with van der Waals surface area (Å²) in [6, 6.07) is 7.30. The molecule has 1 N–H and O–H groups in total. The molecule has 0 spiro atoms. The number of benzene rings is 1. The van der Waals surface area contributed by atoms with Gasteiger partial charge in [-0.1, -0.05) is 18.2 Å². The maximum absolute atomic E-state index is 11.9. The molecule has 0 saturated heterocycles. The van der Waals surface area contributed by atoms with Crippen molar-refractivity contribution in [1.82, 2.24) is 9.97 Å². The van der Waals surface area contributed by atoms with Crippen molar-refractivity contribution in [3.63, 3.8) is 0 Å². The summed E-state index contributed by atoms with van der Waals surface area (Å²) in [5, 5.41) is 2.25. The summed E-state index contributed by atoms with van der Waals surface area (Å²) >= 11 is 1.27. The fraction of sp³-hybridized carbons (Fsp3) is 0. The molecule has 2 heterocycles. The third kappa shape index (κ3) is 2.13. The number of rotatable bonds is 2. The summed E-state index contributed by atoms with van der Waals surface area (Å²) in [5.41, 5.74) is 2.79. The number of aromatic nitrogens is 2. The molecule has 6 heteroatoms. The SMILES string of the molecule is O=C(OC(=O)c1c[nH]c2ccccc12)c1cscn1. The molecule has 0 bridgehead atoms. The summed E-state index contributed by atoms with van der Waals surface area (Å²) < 4.78 is 4.79. The number of aromatic amines is 1. The fourth-order valence-electron chi connectivity index (χ4n) is 1.75. The standard InChI is InChI=1S/C13H8N2O3S/c16-12(18-13(17)11-6-19-7-15-11)9-5-14-10-4-2-1-3-8(9)10/h1-7,14H. The van der Waals surface area contributed by atoms with Crippen LogP contribution in [0.1, 0.15) is 20.8 Å². The molecule has 1 aromatic carbocycles. The Morgan fingerprint density at radius 1 is 1.21 bits per heavy atom. The van der Waals surface area contributed by atoms with Gasteiger partial charge in [-0.2, -0.15) is 0 Å². The zero-order valence-corrected chi connectivity index (χ0v) is 10.4. The number of ether oxygens (including phenoxy) is 1. The molecule has 5 nitrogen and oxygen atoms in total. The quantitative estimate of drug-likeness (QED) is 0.575. The second-order valence-electron chi connectivity index (χ2n) is 3.80. The Bertz CT molecular complexity index is 746. The Morgan fingerprint density at radius 3 is 2.84 bits per heavy atom.